The molecule has 0 amide bonds. The van der Waals surface area contributed by atoms with Crippen molar-refractivity contribution in [3.05, 3.63) is 24.8 Å². The summed E-state index contributed by atoms with van der Waals surface area (Å²) < 4.78 is 1.61. The van der Waals surface area contributed by atoms with Crippen LogP contribution in [-0.2, 0) is 0 Å². The first-order valence-electron chi connectivity index (χ1n) is 4.30. The Balaban J connectivity index is 0.000000184. The van der Waals surface area contributed by atoms with Gasteiger partial charge in [0.05, 0.1) is 0 Å². The SMILES string of the molecule is CC(C)C.c1cnc2ncnn2c1. The lowest BCUT2D eigenvalue weighted by molar-refractivity contribution is 0.737. The number of nitrogens with zero attached hydrogens (tertiary/aromatic N) is 4. The van der Waals surface area contributed by atoms with Crippen LogP contribution in [0.3, 0.4) is 0 Å². The fraction of sp³-hybridized carbons (Fsp3) is 0.444. The minimum atomic E-state index is 0.637. The summed E-state index contributed by atoms with van der Waals surface area (Å²) >= 11 is 0. The summed E-state index contributed by atoms with van der Waals surface area (Å²) in [5, 5.41) is 3.86. The predicted octanol–water partition coefficient (Wildman–Crippen LogP) is 1.79. The lowest BCUT2D eigenvalue weighted by Crippen LogP contribution is -1.86. The monoisotopic (exact) mass is 178 g/mol. The van der Waals surface area contributed by atoms with E-state index in [0.29, 0.717) is 5.78 Å². The third-order valence-electron chi connectivity index (χ3n) is 1.06. The van der Waals surface area contributed by atoms with Crippen molar-refractivity contribution in [1.82, 2.24) is 19.6 Å². The summed E-state index contributed by atoms with van der Waals surface area (Å²) in [4.78, 5) is 7.79. The van der Waals surface area contributed by atoms with Gasteiger partial charge in [0.15, 0.2) is 0 Å². The molecule has 0 N–H and O–H groups in total. The molecule has 0 atom stereocenters. The van der Waals surface area contributed by atoms with Crippen molar-refractivity contribution in [3.8, 4) is 0 Å². The second-order valence-corrected chi connectivity index (χ2v) is 3.36. The normalized spacial score (nSPS) is 9.85. The number of rotatable bonds is 0. The third-order valence-corrected chi connectivity index (χ3v) is 1.06. The molecule has 0 saturated carbocycles. The first-order valence-corrected chi connectivity index (χ1v) is 4.30. The number of aromatic nitrogens is 4. The van der Waals surface area contributed by atoms with Crippen molar-refractivity contribution in [2.24, 2.45) is 5.92 Å². The van der Waals surface area contributed by atoms with Gasteiger partial charge in [-0.3, -0.25) is 0 Å². The molecule has 4 heteroatoms. The number of fused-ring (bicyclic) bond motifs is 1. The molecule has 0 unspecified atom stereocenters. The average Bonchev–Trinajstić information content (AvgIpc) is 2.49. The maximum absolute atomic E-state index is 3.93. The van der Waals surface area contributed by atoms with Gasteiger partial charge in [0.1, 0.15) is 6.33 Å². The van der Waals surface area contributed by atoms with Crippen LogP contribution in [0.1, 0.15) is 20.8 Å². The summed E-state index contributed by atoms with van der Waals surface area (Å²) in [5.41, 5.74) is 0. The molecule has 2 aromatic rings. The smallest absolute Gasteiger partial charge is 0.220 e. The van der Waals surface area contributed by atoms with E-state index in [1.54, 1.807) is 16.9 Å². The Hall–Kier alpha value is -1.45. The van der Waals surface area contributed by atoms with Crippen LogP contribution < -0.4 is 0 Å². The summed E-state index contributed by atoms with van der Waals surface area (Å²) in [6, 6.07) is 1.81. The summed E-state index contributed by atoms with van der Waals surface area (Å²) in [6.07, 6.45) is 4.96. The van der Waals surface area contributed by atoms with E-state index >= 15 is 0 Å². The van der Waals surface area contributed by atoms with E-state index in [1.807, 2.05) is 6.07 Å². The molecule has 0 radical (unpaired) electrons. The molecule has 0 spiro atoms. The third kappa shape index (κ3) is 3.19. The van der Waals surface area contributed by atoms with Gasteiger partial charge < -0.3 is 0 Å². The summed E-state index contributed by atoms with van der Waals surface area (Å²) in [5.74, 6) is 1.47. The van der Waals surface area contributed by atoms with Crippen LogP contribution >= 0.6 is 0 Å². The molecule has 0 bridgehead atoms. The van der Waals surface area contributed by atoms with E-state index in [9.17, 15) is 0 Å². The van der Waals surface area contributed by atoms with Crippen LogP contribution in [0.2, 0.25) is 0 Å². The lowest BCUT2D eigenvalue weighted by atomic mass is 10.3. The first kappa shape index (κ1) is 9.64. The fourth-order valence-corrected chi connectivity index (χ4v) is 0.671. The zero-order valence-electron chi connectivity index (χ0n) is 8.18. The van der Waals surface area contributed by atoms with Crippen molar-refractivity contribution in [3.63, 3.8) is 0 Å². The van der Waals surface area contributed by atoms with E-state index in [-0.39, 0.29) is 0 Å². The van der Waals surface area contributed by atoms with Crippen molar-refractivity contribution in [1.29, 1.82) is 0 Å². The van der Waals surface area contributed by atoms with Crippen LogP contribution in [0.15, 0.2) is 24.8 Å². The van der Waals surface area contributed by atoms with Crippen molar-refractivity contribution in [2.45, 2.75) is 20.8 Å². The van der Waals surface area contributed by atoms with Crippen LogP contribution in [0, 0.1) is 5.92 Å². The lowest BCUT2D eigenvalue weighted by Gasteiger charge is -1.83. The van der Waals surface area contributed by atoms with Crippen LogP contribution in [0.25, 0.3) is 5.78 Å². The fourth-order valence-electron chi connectivity index (χ4n) is 0.671. The quantitative estimate of drug-likeness (QED) is 0.617. The molecule has 0 saturated heterocycles. The van der Waals surface area contributed by atoms with Gasteiger partial charge in [-0.15, -0.1) is 0 Å². The predicted molar refractivity (Wildman–Crippen MR) is 51.3 cm³/mol. The van der Waals surface area contributed by atoms with Crippen molar-refractivity contribution < 1.29 is 0 Å². The molecule has 0 aromatic carbocycles. The van der Waals surface area contributed by atoms with Crippen molar-refractivity contribution in [2.75, 3.05) is 0 Å². The summed E-state index contributed by atoms with van der Waals surface area (Å²) in [6.45, 7) is 6.50. The topological polar surface area (TPSA) is 43.1 Å². The summed E-state index contributed by atoms with van der Waals surface area (Å²) in [7, 11) is 0. The average molecular weight is 178 g/mol. The van der Waals surface area contributed by atoms with Gasteiger partial charge in [0.2, 0.25) is 0 Å². The van der Waals surface area contributed by atoms with Gasteiger partial charge >= 0.3 is 0 Å². The Bertz CT molecular complexity index is 320. The maximum Gasteiger partial charge on any atom is 0.252 e. The Morgan fingerprint density at radius 1 is 1.23 bits per heavy atom. The Kier molecular flexibility index (Phi) is 3.37. The van der Waals surface area contributed by atoms with Gasteiger partial charge in [0, 0.05) is 12.4 Å². The van der Waals surface area contributed by atoms with Gasteiger partial charge in [-0.25, -0.2) is 9.50 Å². The van der Waals surface area contributed by atoms with E-state index in [1.165, 1.54) is 6.33 Å². The van der Waals surface area contributed by atoms with Crippen LogP contribution in [0.4, 0.5) is 0 Å². The van der Waals surface area contributed by atoms with Gasteiger partial charge in [-0.1, -0.05) is 20.8 Å². The highest BCUT2D eigenvalue weighted by atomic mass is 15.3. The largest absolute Gasteiger partial charge is 0.252 e. The highest BCUT2D eigenvalue weighted by Crippen LogP contribution is 1.87. The zero-order valence-corrected chi connectivity index (χ0v) is 8.18. The van der Waals surface area contributed by atoms with Crippen molar-refractivity contribution >= 4 is 5.78 Å². The minimum Gasteiger partial charge on any atom is -0.220 e. The van der Waals surface area contributed by atoms with E-state index in [4.69, 9.17) is 0 Å². The molecule has 2 rings (SSSR count). The molecule has 2 heterocycles. The van der Waals surface area contributed by atoms with Gasteiger partial charge in [-0.05, 0) is 12.0 Å². The molecule has 0 aliphatic rings. The zero-order chi connectivity index (χ0) is 9.68. The Morgan fingerprint density at radius 2 is 1.92 bits per heavy atom. The second-order valence-electron chi connectivity index (χ2n) is 3.36. The van der Waals surface area contributed by atoms with E-state index in [0.717, 1.165) is 5.92 Å². The van der Waals surface area contributed by atoms with Gasteiger partial charge in [0.25, 0.3) is 5.78 Å². The van der Waals surface area contributed by atoms with E-state index in [2.05, 4.69) is 35.8 Å². The Labute approximate surface area is 77.6 Å². The number of hydrogen-bond donors (Lipinski definition) is 0. The molecular weight excluding hydrogens is 164 g/mol. The molecule has 0 fully saturated rings. The van der Waals surface area contributed by atoms with Crippen LogP contribution in [0.5, 0.6) is 0 Å². The molecule has 0 aliphatic carbocycles. The standard InChI is InChI=1S/C5H4N4.C4H10/c1-2-6-5-7-4-8-9(5)3-1;1-4(2)3/h1-4H;4H,1-3H3. The highest BCUT2D eigenvalue weighted by Gasteiger charge is 1.88. The van der Waals surface area contributed by atoms with Crippen LogP contribution in [-0.4, -0.2) is 19.6 Å². The number of hydrogen-bond acceptors (Lipinski definition) is 3. The van der Waals surface area contributed by atoms with E-state index < -0.39 is 0 Å². The molecule has 2 aromatic heterocycles. The molecular formula is C9H14N4. The molecule has 13 heavy (non-hydrogen) atoms. The second kappa shape index (κ2) is 4.54. The minimum absolute atomic E-state index is 0.637. The molecule has 4 nitrogen and oxygen atoms in total. The molecule has 0 aliphatic heterocycles. The molecule has 70 valence electrons. The highest BCUT2D eigenvalue weighted by molar-refractivity contribution is 5.21. The van der Waals surface area contributed by atoms with Gasteiger partial charge in [-0.2, -0.15) is 10.1 Å². The maximum atomic E-state index is 3.93. The first-order chi connectivity index (χ1) is 6.20. The Morgan fingerprint density at radius 3 is 2.54 bits per heavy atom.